The molecule has 4 heteroatoms. The van der Waals surface area contributed by atoms with Crippen LogP contribution >= 0.6 is 11.6 Å². The first-order valence-corrected chi connectivity index (χ1v) is 9.83. The van der Waals surface area contributed by atoms with Gasteiger partial charge in [-0.3, -0.25) is 4.79 Å². The SMILES string of the molecule is C[C@@H]1[C@@H](c2ccc(Cl)cc2)Nc2ccccc2[C@H]1C(=O)OCc1ccccc1. The molecule has 0 aromatic heterocycles. The molecule has 1 aliphatic rings. The van der Waals surface area contributed by atoms with E-state index in [1.807, 2.05) is 78.9 Å². The number of para-hydroxylation sites is 1. The predicted octanol–water partition coefficient (Wildman–Crippen LogP) is 5.97. The predicted molar refractivity (Wildman–Crippen MR) is 112 cm³/mol. The standard InChI is InChI=1S/C24H22ClNO2/c1-16-22(24(27)28-15-17-7-3-2-4-8-17)20-9-5-6-10-21(20)26-23(16)18-11-13-19(25)14-12-18/h2-14,16,22-23,26H,15H2,1H3/t16-,22-,23-/m0/s1. The molecular weight excluding hydrogens is 370 g/mol. The smallest absolute Gasteiger partial charge is 0.314 e. The van der Waals surface area contributed by atoms with Crippen molar-refractivity contribution in [3.63, 3.8) is 0 Å². The minimum atomic E-state index is -0.332. The van der Waals surface area contributed by atoms with Crippen LogP contribution in [0.2, 0.25) is 5.02 Å². The monoisotopic (exact) mass is 391 g/mol. The van der Waals surface area contributed by atoms with Gasteiger partial charge < -0.3 is 10.1 Å². The summed E-state index contributed by atoms with van der Waals surface area (Å²) < 4.78 is 5.71. The Balaban J connectivity index is 1.62. The second-order valence-corrected chi connectivity index (χ2v) is 7.63. The number of anilines is 1. The molecular formula is C24H22ClNO2. The molecule has 0 radical (unpaired) electrons. The van der Waals surface area contributed by atoms with Crippen molar-refractivity contribution in [2.24, 2.45) is 5.92 Å². The summed E-state index contributed by atoms with van der Waals surface area (Å²) in [5.74, 6) is -0.495. The van der Waals surface area contributed by atoms with Crippen molar-refractivity contribution in [1.82, 2.24) is 0 Å². The van der Waals surface area contributed by atoms with Crippen LogP contribution in [0.4, 0.5) is 5.69 Å². The van der Waals surface area contributed by atoms with Crippen LogP contribution < -0.4 is 5.32 Å². The van der Waals surface area contributed by atoms with E-state index in [4.69, 9.17) is 16.3 Å². The van der Waals surface area contributed by atoms with Crippen LogP contribution in [-0.4, -0.2) is 5.97 Å². The van der Waals surface area contributed by atoms with E-state index in [2.05, 4.69) is 12.2 Å². The molecule has 0 spiro atoms. The summed E-state index contributed by atoms with van der Waals surface area (Å²) >= 11 is 6.05. The highest BCUT2D eigenvalue weighted by atomic mass is 35.5. The van der Waals surface area contributed by atoms with Gasteiger partial charge >= 0.3 is 5.97 Å². The highest BCUT2D eigenvalue weighted by molar-refractivity contribution is 6.30. The molecule has 0 fully saturated rings. The van der Waals surface area contributed by atoms with E-state index >= 15 is 0 Å². The molecule has 3 aromatic rings. The topological polar surface area (TPSA) is 38.3 Å². The van der Waals surface area contributed by atoms with Gasteiger partial charge in [-0.05, 0) is 40.8 Å². The zero-order chi connectivity index (χ0) is 19.5. The molecule has 28 heavy (non-hydrogen) atoms. The Kier molecular flexibility index (Phi) is 5.36. The molecule has 4 rings (SSSR count). The average Bonchev–Trinajstić information content (AvgIpc) is 2.73. The van der Waals surface area contributed by atoms with Gasteiger partial charge in [-0.1, -0.05) is 79.2 Å². The summed E-state index contributed by atoms with van der Waals surface area (Å²) in [5.41, 5.74) is 4.05. The maximum absolute atomic E-state index is 13.1. The number of rotatable bonds is 4. The van der Waals surface area contributed by atoms with Gasteiger partial charge in [0.1, 0.15) is 6.61 Å². The zero-order valence-corrected chi connectivity index (χ0v) is 16.4. The lowest BCUT2D eigenvalue weighted by Crippen LogP contribution is -2.34. The fraction of sp³-hybridized carbons (Fsp3) is 0.208. The normalized spacial score (nSPS) is 20.7. The van der Waals surface area contributed by atoms with Crippen molar-refractivity contribution in [3.8, 4) is 0 Å². The van der Waals surface area contributed by atoms with Crippen molar-refractivity contribution < 1.29 is 9.53 Å². The third-order valence-electron chi connectivity index (χ3n) is 5.37. The van der Waals surface area contributed by atoms with Crippen molar-refractivity contribution >= 4 is 23.3 Å². The molecule has 3 atom stereocenters. The molecule has 1 aliphatic heterocycles. The fourth-order valence-corrected chi connectivity index (χ4v) is 4.02. The van der Waals surface area contributed by atoms with Crippen molar-refractivity contribution in [2.75, 3.05) is 5.32 Å². The number of carbonyl (C=O) groups excluding carboxylic acids is 1. The molecule has 0 unspecified atom stereocenters. The fourth-order valence-electron chi connectivity index (χ4n) is 3.89. The number of fused-ring (bicyclic) bond motifs is 1. The molecule has 0 saturated carbocycles. The Morgan fingerprint density at radius 3 is 2.39 bits per heavy atom. The van der Waals surface area contributed by atoms with Crippen LogP contribution in [-0.2, 0) is 16.1 Å². The number of hydrogen-bond acceptors (Lipinski definition) is 3. The third kappa shape index (κ3) is 3.76. The van der Waals surface area contributed by atoms with E-state index in [1.165, 1.54) is 0 Å². The molecule has 0 amide bonds. The number of halogens is 1. The Morgan fingerprint density at radius 2 is 1.64 bits per heavy atom. The Hall–Kier alpha value is -2.78. The van der Waals surface area contributed by atoms with Gasteiger partial charge in [0.25, 0.3) is 0 Å². The van der Waals surface area contributed by atoms with Crippen molar-refractivity contribution in [1.29, 1.82) is 0 Å². The lowest BCUT2D eigenvalue weighted by Gasteiger charge is -2.38. The van der Waals surface area contributed by atoms with E-state index in [-0.39, 0.29) is 30.5 Å². The Labute approximate surface area is 170 Å². The van der Waals surface area contributed by atoms with E-state index in [0.29, 0.717) is 5.02 Å². The van der Waals surface area contributed by atoms with Gasteiger partial charge in [0, 0.05) is 10.7 Å². The van der Waals surface area contributed by atoms with Crippen molar-refractivity contribution in [3.05, 3.63) is 101 Å². The molecule has 0 bridgehead atoms. The minimum absolute atomic E-state index is 0.00134. The van der Waals surface area contributed by atoms with Crippen molar-refractivity contribution in [2.45, 2.75) is 25.5 Å². The van der Waals surface area contributed by atoms with Crippen LogP contribution in [0.3, 0.4) is 0 Å². The first kappa shape index (κ1) is 18.6. The first-order chi connectivity index (χ1) is 13.6. The van der Waals surface area contributed by atoms with Gasteiger partial charge in [-0.2, -0.15) is 0 Å². The molecule has 0 saturated heterocycles. The summed E-state index contributed by atoms with van der Waals surface area (Å²) in [6, 6.07) is 25.5. The van der Waals surface area contributed by atoms with Crippen LogP contribution in [0.1, 0.15) is 35.6 Å². The lowest BCUT2D eigenvalue weighted by molar-refractivity contribution is -0.148. The van der Waals surface area contributed by atoms with Gasteiger partial charge in [-0.15, -0.1) is 0 Å². The summed E-state index contributed by atoms with van der Waals surface area (Å²) in [6.07, 6.45) is 0. The number of carbonyl (C=O) groups is 1. The van der Waals surface area contributed by atoms with Gasteiger partial charge in [0.2, 0.25) is 0 Å². The molecule has 3 nitrogen and oxygen atoms in total. The van der Waals surface area contributed by atoms with Crippen LogP contribution in [0.5, 0.6) is 0 Å². The van der Waals surface area contributed by atoms with Crippen LogP contribution in [0.15, 0.2) is 78.9 Å². The van der Waals surface area contributed by atoms with E-state index in [0.717, 1.165) is 22.4 Å². The maximum Gasteiger partial charge on any atom is 0.314 e. The van der Waals surface area contributed by atoms with Gasteiger partial charge in [0.05, 0.1) is 12.0 Å². The highest BCUT2D eigenvalue weighted by Gasteiger charge is 2.39. The summed E-state index contributed by atoms with van der Waals surface area (Å²) in [4.78, 5) is 13.1. The van der Waals surface area contributed by atoms with Gasteiger partial charge in [0.15, 0.2) is 0 Å². The summed E-state index contributed by atoms with van der Waals surface area (Å²) in [7, 11) is 0. The third-order valence-corrected chi connectivity index (χ3v) is 5.62. The Morgan fingerprint density at radius 1 is 0.964 bits per heavy atom. The maximum atomic E-state index is 13.1. The summed E-state index contributed by atoms with van der Waals surface area (Å²) in [5, 5.41) is 4.29. The number of esters is 1. The minimum Gasteiger partial charge on any atom is -0.460 e. The number of ether oxygens (including phenoxy) is 1. The second-order valence-electron chi connectivity index (χ2n) is 7.19. The largest absolute Gasteiger partial charge is 0.460 e. The number of nitrogens with one attached hydrogen (secondary N) is 1. The zero-order valence-electron chi connectivity index (χ0n) is 15.6. The molecule has 1 heterocycles. The molecule has 1 N–H and O–H groups in total. The molecule has 0 aliphatic carbocycles. The van der Waals surface area contributed by atoms with Crippen LogP contribution in [0, 0.1) is 5.92 Å². The molecule has 3 aromatic carbocycles. The quantitative estimate of drug-likeness (QED) is 0.557. The number of hydrogen-bond donors (Lipinski definition) is 1. The van der Waals surface area contributed by atoms with Crippen LogP contribution in [0.25, 0.3) is 0 Å². The second kappa shape index (κ2) is 8.07. The van der Waals surface area contributed by atoms with E-state index < -0.39 is 0 Å². The summed E-state index contributed by atoms with van der Waals surface area (Å²) in [6.45, 7) is 2.38. The van der Waals surface area contributed by atoms with E-state index in [1.54, 1.807) is 0 Å². The lowest BCUT2D eigenvalue weighted by atomic mass is 9.76. The average molecular weight is 392 g/mol. The van der Waals surface area contributed by atoms with E-state index in [9.17, 15) is 4.79 Å². The number of benzene rings is 3. The van der Waals surface area contributed by atoms with Gasteiger partial charge in [-0.25, -0.2) is 0 Å². The Bertz CT molecular complexity index is 956. The first-order valence-electron chi connectivity index (χ1n) is 9.45. The molecule has 142 valence electrons. The highest BCUT2D eigenvalue weighted by Crippen LogP contribution is 2.45.